The molecule has 0 aromatic heterocycles. The van der Waals surface area contributed by atoms with Crippen molar-refractivity contribution in [3.05, 3.63) is 24.4 Å². The first-order chi connectivity index (χ1) is 10.8. The Labute approximate surface area is 145 Å². The van der Waals surface area contributed by atoms with Gasteiger partial charge in [-0.3, -0.25) is 0 Å². The van der Waals surface area contributed by atoms with Crippen LogP contribution < -0.4 is 10.6 Å². The van der Waals surface area contributed by atoms with Crippen molar-refractivity contribution in [1.82, 2.24) is 10.6 Å². The lowest BCUT2D eigenvalue weighted by atomic mass is 9.71. The number of hydrogen-bond acceptors (Lipinski definition) is 2. The molecule has 0 heterocycles. The normalized spacial score (nSPS) is 24.9. The summed E-state index contributed by atoms with van der Waals surface area (Å²) in [5, 5.41) is 7.08. The second-order valence-corrected chi connectivity index (χ2v) is 8.30. The van der Waals surface area contributed by atoms with Crippen molar-refractivity contribution >= 4 is 0 Å². The van der Waals surface area contributed by atoms with E-state index < -0.39 is 0 Å². The molecule has 1 aliphatic rings. The van der Waals surface area contributed by atoms with Crippen LogP contribution in [0.4, 0.5) is 0 Å². The smallest absolute Gasteiger partial charge is 0.0552 e. The molecule has 0 aromatic carbocycles. The van der Waals surface area contributed by atoms with Gasteiger partial charge in [-0.15, -0.1) is 0 Å². The predicted molar refractivity (Wildman–Crippen MR) is 103 cm³/mol. The highest BCUT2D eigenvalue weighted by atomic mass is 15.0. The lowest BCUT2D eigenvalue weighted by Crippen LogP contribution is -2.48. The molecular formula is C21H40N2. The molecule has 23 heavy (non-hydrogen) atoms. The molecule has 0 aromatic rings. The first kappa shape index (κ1) is 20.3. The van der Waals surface area contributed by atoms with E-state index in [2.05, 4.69) is 78.0 Å². The maximum Gasteiger partial charge on any atom is 0.0552 e. The molecule has 0 radical (unpaired) electrons. The van der Waals surface area contributed by atoms with Crippen LogP contribution in [0.2, 0.25) is 0 Å². The zero-order valence-corrected chi connectivity index (χ0v) is 16.6. The maximum absolute atomic E-state index is 4.34. The van der Waals surface area contributed by atoms with E-state index in [1.54, 1.807) is 0 Å². The van der Waals surface area contributed by atoms with Crippen LogP contribution in [0.15, 0.2) is 24.4 Å². The second-order valence-electron chi connectivity index (χ2n) is 8.30. The van der Waals surface area contributed by atoms with Crippen molar-refractivity contribution in [2.45, 2.75) is 66.8 Å². The van der Waals surface area contributed by atoms with Crippen LogP contribution in [0.25, 0.3) is 0 Å². The van der Waals surface area contributed by atoms with Crippen LogP contribution in [0.5, 0.6) is 0 Å². The monoisotopic (exact) mass is 320 g/mol. The van der Waals surface area contributed by atoms with Crippen molar-refractivity contribution in [2.75, 3.05) is 13.6 Å². The van der Waals surface area contributed by atoms with Crippen LogP contribution in [0.3, 0.4) is 0 Å². The quantitative estimate of drug-likeness (QED) is 0.524. The summed E-state index contributed by atoms with van der Waals surface area (Å²) in [6.45, 7) is 19.2. The van der Waals surface area contributed by atoms with Crippen molar-refractivity contribution < 1.29 is 0 Å². The van der Waals surface area contributed by atoms with E-state index in [1.165, 1.54) is 19.3 Å². The number of allylic oxidation sites excluding steroid dienone is 1. The zero-order valence-electron chi connectivity index (χ0n) is 16.6. The van der Waals surface area contributed by atoms with Gasteiger partial charge in [-0.05, 0) is 43.6 Å². The minimum absolute atomic E-state index is 0.0809. The Hall–Kier alpha value is -0.760. The summed E-state index contributed by atoms with van der Waals surface area (Å²) >= 11 is 0. The lowest BCUT2D eigenvalue weighted by Gasteiger charge is -2.40. The molecule has 0 spiro atoms. The summed E-state index contributed by atoms with van der Waals surface area (Å²) in [4.78, 5) is 0. The highest BCUT2D eigenvalue weighted by molar-refractivity contribution is 5.19. The van der Waals surface area contributed by atoms with E-state index in [1.807, 2.05) is 0 Å². The summed E-state index contributed by atoms with van der Waals surface area (Å²) in [7, 11) is 2.06. The van der Waals surface area contributed by atoms with Crippen LogP contribution in [-0.4, -0.2) is 19.6 Å². The van der Waals surface area contributed by atoms with E-state index in [4.69, 9.17) is 0 Å². The van der Waals surface area contributed by atoms with Gasteiger partial charge in [0.2, 0.25) is 0 Å². The van der Waals surface area contributed by atoms with Crippen LogP contribution in [0.1, 0.15) is 60.8 Å². The van der Waals surface area contributed by atoms with Crippen LogP contribution in [-0.2, 0) is 0 Å². The van der Waals surface area contributed by atoms with Gasteiger partial charge in [0.25, 0.3) is 0 Å². The Morgan fingerprint density at radius 2 is 1.96 bits per heavy atom. The fraction of sp³-hybridized carbons (Fsp3) is 0.810. The molecular weight excluding hydrogens is 280 g/mol. The van der Waals surface area contributed by atoms with Gasteiger partial charge in [0.15, 0.2) is 0 Å². The van der Waals surface area contributed by atoms with Gasteiger partial charge in [-0.1, -0.05) is 66.7 Å². The van der Waals surface area contributed by atoms with E-state index in [-0.39, 0.29) is 11.5 Å². The highest BCUT2D eigenvalue weighted by Gasteiger charge is 2.38. The topological polar surface area (TPSA) is 24.1 Å². The average Bonchev–Trinajstić information content (AvgIpc) is 3.24. The van der Waals surface area contributed by atoms with Gasteiger partial charge >= 0.3 is 0 Å². The Morgan fingerprint density at radius 1 is 1.30 bits per heavy atom. The van der Waals surface area contributed by atoms with Crippen molar-refractivity contribution in [3.63, 3.8) is 0 Å². The van der Waals surface area contributed by atoms with E-state index in [0.717, 1.165) is 30.0 Å². The molecule has 0 aliphatic heterocycles. The molecule has 1 rings (SSSR count). The molecule has 0 amide bonds. The molecule has 0 bridgehead atoms. The molecule has 4 unspecified atom stereocenters. The predicted octanol–water partition coefficient (Wildman–Crippen LogP) is 4.99. The molecule has 4 atom stereocenters. The summed E-state index contributed by atoms with van der Waals surface area (Å²) in [6.07, 6.45) is 8.81. The fourth-order valence-corrected chi connectivity index (χ4v) is 3.41. The third-order valence-electron chi connectivity index (χ3n) is 5.78. The Balaban J connectivity index is 2.76. The molecule has 2 nitrogen and oxygen atoms in total. The van der Waals surface area contributed by atoms with E-state index >= 15 is 0 Å². The molecule has 1 fully saturated rings. The molecule has 1 aliphatic carbocycles. The fourth-order valence-electron chi connectivity index (χ4n) is 3.41. The number of hydrogen-bond donors (Lipinski definition) is 2. The van der Waals surface area contributed by atoms with Gasteiger partial charge in [0.1, 0.15) is 0 Å². The minimum Gasteiger partial charge on any atom is -0.388 e. The van der Waals surface area contributed by atoms with Crippen molar-refractivity contribution in [1.29, 1.82) is 0 Å². The minimum atomic E-state index is 0.0809. The number of rotatable bonds is 11. The zero-order chi connectivity index (χ0) is 17.6. The highest BCUT2D eigenvalue weighted by Crippen LogP contribution is 2.44. The van der Waals surface area contributed by atoms with E-state index in [0.29, 0.717) is 5.92 Å². The average molecular weight is 321 g/mol. The third kappa shape index (κ3) is 5.67. The number of nitrogens with one attached hydrogen (secondary N) is 2. The molecule has 0 saturated heterocycles. The van der Waals surface area contributed by atoms with Crippen molar-refractivity contribution in [3.8, 4) is 0 Å². The standard InChI is InChI=1S/C21H40N2/c1-9-18-14-19(18)10-12-21(7,16(4)5)20(22-8)17(6)23-13-11-15(2)3/h10,12,15-16,18-20,22-23H,6,9,11,13-14H2,1-5,7-8H3/b12-10+. The van der Waals surface area contributed by atoms with Crippen molar-refractivity contribution in [2.24, 2.45) is 29.1 Å². The summed E-state index contributed by atoms with van der Waals surface area (Å²) < 4.78 is 0. The Kier molecular flexibility index (Phi) is 7.86. The first-order valence-electron chi connectivity index (χ1n) is 9.55. The maximum atomic E-state index is 4.34. The second kappa shape index (κ2) is 8.92. The largest absolute Gasteiger partial charge is 0.388 e. The molecule has 1 saturated carbocycles. The van der Waals surface area contributed by atoms with Gasteiger partial charge in [0, 0.05) is 17.7 Å². The summed E-state index contributed by atoms with van der Waals surface area (Å²) in [6, 6.07) is 0.254. The SMILES string of the molecule is C=C(NCCC(C)C)C(NC)C(C)(/C=C/C1CC1CC)C(C)C. The third-order valence-corrected chi connectivity index (χ3v) is 5.78. The van der Waals surface area contributed by atoms with Crippen LogP contribution in [0, 0.1) is 29.1 Å². The number of likely N-dealkylation sites (N-methyl/N-ethyl adjacent to an activating group) is 1. The molecule has 134 valence electrons. The van der Waals surface area contributed by atoms with Crippen LogP contribution >= 0.6 is 0 Å². The summed E-state index contributed by atoms with van der Waals surface area (Å²) in [5.74, 6) is 3.00. The summed E-state index contributed by atoms with van der Waals surface area (Å²) in [5.41, 5.74) is 1.20. The Morgan fingerprint density at radius 3 is 2.39 bits per heavy atom. The first-order valence-corrected chi connectivity index (χ1v) is 9.55. The van der Waals surface area contributed by atoms with Gasteiger partial charge in [0.05, 0.1) is 6.04 Å². The van der Waals surface area contributed by atoms with Gasteiger partial charge < -0.3 is 10.6 Å². The Bertz CT molecular complexity index is 397. The molecule has 2 heteroatoms. The lowest BCUT2D eigenvalue weighted by molar-refractivity contribution is 0.228. The molecule has 2 N–H and O–H groups in total. The van der Waals surface area contributed by atoms with Gasteiger partial charge in [-0.2, -0.15) is 0 Å². The van der Waals surface area contributed by atoms with E-state index in [9.17, 15) is 0 Å². The van der Waals surface area contributed by atoms with Gasteiger partial charge in [-0.25, -0.2) is 0 Å².